The minimum absolute atomic E-state index is 0.0889. The number of anilines is 2. The molecule has 0 saturated carbocycles. The Bertz CT molecular complexity index is 559. The molecule has 114 valence electrons. The normalized spacial score (nSPS) is 27.3. The Morgan fingerprint density at radius 3 is 3.00 bits per heavy atom. The van der Waals surface area contributed by atoms with Crippen LogP contribution in [0.3, 0.4) is 0 Å². The molecule has 5 heteroatoms. The monoisotopic (exact) mass is 306 g/mol. The molecule has 3 rings (SSSR count). The Labute approximate surface area is 130 Å². The topological polar surface area (TPSA) is 50.4 Å². The minimum Gasteiger partial charge on any atom is -0.479 e. The molecule has 1 saturated heterocycles. The van der Waals surface area contributed by atoms with Gasteiger partial charge in [0.25, 0.3) is 5.91 Å². The average Bonchev–Trinajstić information content (AvgIpc) is 2.39. The lowest BCUT2D eigenvalue weighted by Crippen LogP contribution is -2.36. The summed E-state index contributed by atoms with van der Waals surface area (Å²) in [6.07, 6.45) is 0.739. The predicted molar refractivity (Wildman–Crippen MR) is 88.3 cm³/mol. The van der Waals surface area contributed by atoms with Crippen molar-refractivity contribution in [2.45, 2.75) is 39.3 Å². The van der Waals surface area contributed by atoms with Gasteiger partial charge in [0.15, 0.2) is 6.10 Å². The zero-order valence-corrected chi connectivity index (χ0v) is 13.5. The first-order chi connectivity index (χ1) is 9.93. The number of thioether (sulfide) groups is 1. The number of carbonyl (C=O) groups excluding carboxylic acids is 1. The molecule has 1 aromatic carbocycles. The van der Waals surface area contributed by atoms with Crippen molar-refractivity contribution in [3.8, 4) is 5.75 Å². The van der Waals surface area contributed by atoms with Gasteiger partial charge in [0.2, 0.25) is 0 Å². The van der Waals surface area contributed by atoms with Gasteiger partial charge >= 0.3 is 0 Å². The Morgan fingerprint density at radius 1 is 1.43 bits per heavy atom. The maximum absolute atomic E-state index is 11.7. The number of carbonyl (C=O) groups is 1. The van der Waals surface area contributed by atoms with Gasteiger partial charge in [-0.2, -0.15) is 11.8 Å². The smallest absolute Gasteiger partial charge is 0.265 e. The molecule has 0 radical (unpaired) electrons. The minimum atomic E-state index is -0.424. The predicted octanol–water partition coefficient (Wildman–Crippen LogP) is 3.35. The molecule has 2 heterocycles. The standard InChI is InChI=1S/C16H22N2O2S/c1-10-15(19)18-13-6-11(4-5-14(13)20-10)17-12-7-16(2,3)9-21-8-12/h4-6,10,12,17H,7-9H2,1-3H3,(H,18,19). The van der Waals surface area contributed by atoms with Gasteiger partial charge in [0, 0.05) is 17.5 Å². The highest BCUT2D eigenvalue weighted by molar-refractivity contribution is 7.99. The summed E-state index contributed by atoms with van der Waals surface area (Å²) in [5.41, 5.74) is 2.17. The third kappa shape index (κ3) is 3.28. The van der Waals surface area contributed by atoms with Crippen molar-refractivity contribution in [3.05, 3.63) is 18.2 Å². The summed E-state index contributed by atoms with van der Waals surface area (Å²) in [5, 5.41) is 6.48. The lowest BCUT2D eigenvalue weighted by atomic mass is 9.88. The summed E-state index contributed by atoms with van der Waals surface area (Å²) < 4.78 is 5.58. The molecule has 1 aromatic rings. The number of ether oxygens (including phenoxy) is 1. The van der Waals surface area contributed by atoms with E-state index in [1.165, 1.54) is 5.75 Å². The zero-order valence-electron chi connectivity index (χ0n) is 12.7. The number of fused-ring (bicyclic) bond motifs is 1. The molecular weight excluding hydrogens is 284 g/mol. The van der Waals surface area contributed by atoms with Crippen LogP contribution in [0.1, 0.15) is 27.2 Å². The van der Waals surface area contributed by atoms with Crippen molar-refractivity contribution in [3.63, 3.8) is 0 Å². The van der Waals surface area contributed by atoms with E-state index in [-0.39, 0.29) is 5.91 Å². The van der Waals surface area contributed by atoms with Gasteiger partial charge in [-0.05, 0) is 42.7 Å². The second kappa shape index (κ2) is 5.44. The highest BCUT2D eigenvalue weighted by Crippen LogP contribution is 2.36. The van der Waals surface area contributed by atoms with Crippen LogP contribution in [-0.2, 0) is 4.79 Å². The Morgan fingerprint density at radius 2 is 2.24 bits per heavy atom. The van der Waals surface area contributed by atoms with Crippen LogP contribution in [0.4, 0.5) is 11.4 Å². The van der Waals surface area contributed by atoms with Crippen LogP contribution >= 0.6 is 11.8 Å². The quantitative estimate of drug-likeness (QED) is 0.880. The van der Waals surface area contributed by atoms with E-state index in [2.05, 4.69) is 24.5 Å². The fourth-order valence-corrected chi connectivity index (χ4v) is 4.16. The van der Waals surface area contributed by atoms with E-state index >= 15 is 0 Å². The summed E-state index contributed by atoms with van der Waals surface area (Å²) in [5.74, 6) is 3.00. The summed E-state index contributed by atoms with van der Waals surface area (Å²) in [6, 6.07) is 6.38. The Balaban J connectivity index is 1.72. The van der Waals surface area contributed by atoms with E-state index in [9.17, 15) is 4.79 Å². The molecule has 21 heavy (non-hydrogen) atoms. The maximum Gasteiger partial charge on any atom is 0.265 e. The summed E-state index contributed by atoms with van der Waals surface area (Å²) in [4.78, 5) is 11.7. The SMILES string of the molecule is CC1Oc2ccc(NC3CSCC(C)(C)C3)cc2NC1=O. The third-order valence-electron chi connectivity index (χ3n) is 3.89. The molecule has 0 bridgehead atoms. The molecule has 0 spiro atoms. The fraction of sp³-hybridized carbons (Fsp3) is 0.562. The first-order valence-electron chi connectivity index (χ1n) is 7.39. The van der Waals surface area contributed by atoms with Crippen molar-refractivity contribution >= 4 is 29.0 Å². The fourth-order valence-electron chi connectivity index (χ4n) is 2.89. The van der Waals surface area contributed by atoms with Crippen molar-refractivity contribution < 1.29 is 9.53 Å². The van der Waals surface area contributed by atoms with Crippen LogP contribution in [0.25, 0.3) is 0 Å². The van der Waals surface area contributed by atoms with Crippen molar-refractivity contribution in [1.29, 1.82) is 0 Å². The largest absolute Gasteiger partial charge is 0.479 e. The summed E-state index contributed by atoms with van der Waals surface area (Å²) >= 11 is 2.00. The van der Waals surface area contributed by atoms with Crippen molar-refractivity contribution in [2.24, 2.45) is 5.41 Å². The van der Waals surface area contributed by atoms with E-state index < -0.39 is 6.10 Å². The average molecular weight is 306 g/mol. The van der Waals surface area contributed by atoms with Crippen LogP contribution in [0.2, 0.25) is 0 Å². The van der Waals surface area contributed by atoms with Gasteiger partial charge in [-0.1, -0.05) is 13.8 Å². The second-order valence-corrected chi connectivity index (χ2v) is 7.72. The molecule has 0 aliphatic carbocycles. The van der Waals surface area contributed by atoms with Gasteiger partial charge in [0.1, 0.15) is 5.75 Å². The van der Waals surface area contributed by atoms with Crippen LogP contribution in [0.5, 0.6) is 5.75 Å². The molecule has 2 aliphatic heterocycles. The molecule has 1 fully saturated rings. The van der Waals surface area contributed by atoms with E-state index in [1.807, 2.05) is 30.0 Å². The maximum atomic E-state index is 11.7. The number of hydrogen-bond donors (Lipinski definition) is 2. The van der Waals surface area contributed by atoms with Gasteiger partial charge < -0.3 is 15.4 Å². The lowest BCUT2D eigenvalue weighted by Gasteiger charge is -2.35. The molecule has 4 nitrogen and oxygen atoms in total. The summed E-state index contributed by atoms with van der Waals surface area (Å²) in [6.45, 7) is 6.39. The van der Waals surface area contributed by atoms with Gasteiger partial charge in [-0.3, -0.25) is 4.79 Å². The number of hydrogen-bond acceptors (Lipinski definition) is 4. The van der Waals surface area contributed by atoms with Crippen molar-refractivity contribution in [2.75, 3.05) is 22.1 Å². The molecule has 0 aromatic heterocycles. The van der Waals surface area contributed by atoms with Gasteiger partial charge in [0.05, 0.1) is 5.69 Å². The molecule has 2 aliphatic rings. The van der Waals surface area contributed by atoms with Crippen LogP contribution in [0.15, 0.2) is 18.2 Å². The summed E-state index contributed by atoms with van der Waals surface area (Å²) in [7, 11) is 0. The number of benzene rings is 1. The van der Waals surface area contributed by atoms with E-state index in [4.69, 9.17) is 4.74 Å². The van der Waals surface area contributed by atoms with Gasteiger partial charge in [-0.25, -0.2) is 0 Å². The van der Waals surface area contributed by atoms with Gasteiger partial charge in [-0.15, -0.1) is 0 Å². The van der Waals surface area contributed by atoms with E-state index in [1.54, 1.807) is 6.92 Å². The van der Waals surface area contributed by atoms with E-state index in [0.717, 1.165) is 29.3 Å². The highest BCUT2D eigenvalue weighted by atomic mass is 32.2. The van der Waals surface area contributed by atoms with Crippen LogP contribution < -0.4 is 15.4 Å². The first-order valence-corrected chi connectivity index (χ1v) is 8.54. The second-order valence-electron chi connectivity index (χ2n) is 6.68. The molecule has 2 unspecified atom stereocenters. The highest BCUT2D eigenvalue weighted by Gasteiger charge is 2.29. The molecule has 1 amide bonds. The number of amides is 1. The number of nitrogens with one attached hydrogen (secondary N) is 2. The third-order valence-corrected chi connectivity index (χ3v) is 5.52. The van der Waals surface area contributed by atoms with Crippen LogP contribution in [0, 0.1) is 5.41 Å². The molecule has 2 atom stereocenters. The van der Waals surface area contributed by atoms with Crippen LogP contribution in [-0.4, -0.2) is 29.6 Å². The first kappa shape index (κ1) is 14.6. The molecule has 2 N–H and O–H groups in total. The van der Waals surface area contributed by atoms with E-state index in [0.29, 0.717) is 11.5 Å². The lowest BCUT2D eigenvalue weighted by molar-refractivity contribution is -0.122. The Hall–Kier alpha value is -1.36. The number of rotatable bonds is 2. The Kier molecular flexibility index (Phi) is 3.78. The van der Waals surface area contributed by atoms with Crippen molar-refractivity contribution in [1.82, 2.24) is 0 Å². The molecular formula is C16H22N2O2S. The zero-order chi connectivity index (χ0) is 15.0.